The Bertz CT molecular complexity index is 368. The summed E-state index contributed by atoms with van der Waals surface area (Å²) in [6, 6.07) is 6.19. The molecule has 2 heterocycles. The Hall–Kier alpha value is -1.58. The molecule has 0 amide bonds. The minimum atomic E-state index is 0.514. The Labute approximate surface area is 63.4 Å². The second kappa shape index (κ2) is 2.23. The zero-order valence-corrected chi connectivity index (χ0v) is 6.06. The van der Waals surface area contributed by atoms with E-state index in [0.717, 1.165) is 5.65 Å². The lowest BCUT2D eigenvalue weighted by atomic mass is 10.5. The second-order valence-corrected chi connectivity index (χ2v) is 2.12. The molecule has 0 bridgehead atoms. The van der Waals surface area contributed by atoms with Crippen molar-refractivity contribution in [3.05, 3.63) is 24.4 Å². The highest BCUT2D eigenvalue weighted by atomic mass is 16.5. The smallest absolute Gasteiger partial charge is 0.321 e. The van der Waals surface area contributed by atoms with E-state index < -0.39 is 0 Å². The molecule has 2 aromatic rings. The molecule has 0 aliphatic heterocycles. The van der Waals surface area contributed by atoms with Crippen molar-refractivity contribution in [3.8, 4) is 6.01 Å². The summed E-state index contributed by atoms with van der Waals surface area (Å²) in [5.41, 5.74) is 0.796. The van der Waals surface area contributed by atoms with Crippen LogP contribution >= 0.6 is 0 Å². The maximum atomic E-state index is 4.96. The van der Waals surface area contributed by atoms with Gasteiger partial charge in [-0.1, -0.05) is 11.2 Å². The second-order valence-electron chi connectivity index (χ2n) is 2.12. The fourth-order valence-electron chi connectivity index (χ4n) is 0.959. The van der Waals surface area contributed by atoms with Crippen molar-refractivity contribution < 1.29 is 4.74 Å². The molecule has 0 aliphatic carbocycles. The molecule has 0 radical (unpaired) electrons. The van der Waals surface area contributed by atoms with E-state index in [1.807, 2.05) is 24.4 Å². The summed E-state index contributed by atoms with van der Waals surface area (Å²) < 4.78 is 6.73. The van der Waals surface area contributed by atoms with Crippen molar-refractivity contribution in [2.45, 2.75) is 0 Å². The summed E-state index contributed by atoms with van der Waals surface area (Å²) in [5, 5.41) is 7.68. The van der Waals surface area contributed by atoms with Crippen molar-refractivity contribution in [3.63, 3.8) is 0 Å². The monoisotopic (exact) mass is 149 g/mol. The van der Waals surface area contributed by atoms with Gasteiger partial charge in [0.15, 0.2) is 5.65 Å². The Kier molecular flexibility index (Phi) is 1.25. The summed E-state index contributed by atoms with van der Waals surface area (Å²) in [6.45, 7) is 0. The Morgan fingerprint density at radius 2 is 2.27 bits per heavy atom. The number of pyridine rings is 1. The zero-order valence-electron chi connectivity index (χ0n) is 6.06. The van der Waals surface area contributed by atoms with Crippen LogP contribution in [0.1, 0.15) is 0 Å². The summed E-state index contributed by atoms with van der Waals surface area (Å²) in [4.78, 5) is 0. The first-order chi connectivity index (χ1) is 5.42. The number of methoxy groups -OCH3 is 1. The molecule has 0 unspecified atom stereocenters. The predicted molar refractivity (Wildman–Crippen MR) is 39.5 cm³/mol. The van der Waals surface area contributed by atoms with Gasteiger partial charge < -0.3 is 4.74 Å². The summed E-state index contributed by atoms with van der Waals surface area (Å²) in [6.07, 6.45) is 1.86. The lowest BCUT2D eigenvalue weighted by Gasteiger charge is -1.94. The van der Waals surface area contributed by atoms with Crippen LogP contribution in [0.5, 0.6) is 6.01 Å². The molecule has 0 saturated heterocycles. The molecule has 0 aliphatic rings. The molecule has 56 valence electrons. The molecular weight excluding hydrogens is 142 g/mol. The molecule has 0 saturated carbocycles. The molecule has 0 atom stereocenters. The van der Waals surface area contributed by atoms with Gasteiger partial charge in [-0.2, -0.15) is 0 Å². The van der Waals surface area contributed by atoms with Gasteiger partial charge >= 0.3 is 6.01 Å². The third kappa shape index (κ3) is 0.832. The first-order valence-corrected chi connectivity index (χ1v) is 3.25. The molecule has 0 N–H and O–H groups in total. The van der Waals surface area contributed by atoms with Crippen LogP contribution in [-0.4, -0.2) is 21.7 Å². The summed E-state index contributed by atoms with van der Waals surface area (Å²) >= 11 is 0. The SMILES string of the molecule is COc1nnc2ccccn12. The van der Waals surface area contributed by atoms with Crippen LogP contribution in [0.4, 0.5) is 0 Å². The molecule has 11 heavy (non-hydrogen) atoms. The lowest BCUT2D eigenvalue weighted by Crippen LogP contribution is -1.89. The normalized spacial score (nSPS) is 10.3. The van der Waals surface area contributed by atoms with Gasteiger partial charge in [0.25, 0.3) is 0 Å². The number of aromatic nitrogens is 3. The van der Waals surface area contributed by atoms with E-state index in [9.17, 15) is 0 Å². The van der Waals surface area contributed by atoms with Crippen LogP contribution in [-0.2, 0) is 0 Å². The van der Waals surface area contributed by atoms with E-state index in [2.05, 4.69) is 10.2 Å². The minimum absolute atomic E-state index is 0.514. The average molecular weight is 149 g/mol. The van der Waals surface area contributed by atoms with E-state index in [-0.39, 0.29) is 0 Å². The largest absolute Gasteiger partial charge is 0.467 e. The van der Waals surface area contributed by atoms with Gasteiger partial charge in [-0.15, -0.1) is 5.10 Å². The minimum Gasteiger partial charge on any atom is -0.467 e. The Balaban J connectivity index is 2.76. The summed E-state index contributed by atoms with van der Waals surface area (Å²) in [5.74, 6) is 0. The third-order valence-corrected chi connectivity index (χ3v) is 1.47. The van der Waals surface area contributed by atoms with Crippen LogP contribution in [0.25, 0.3) is 5.65 Å². The van der Waals surface area contributed by atoms with Gasteiger partial charge in [-0.3, -0.25) is 4.40 Å². The van der Waals surface area contributed by atoms with Gasteiger partial charge in [-0.05, 0) is 12.1 Å². The van der Waals surface area contributed by atoms with Gasteiger partial charge in [0, 0.05) is 6.20 Å². The van der Waals surface area contributed by atoms with Gasteiger partial charge in [0.1, 0.15) is 0 Å². The molecule has 4 heteroatoms. The number of hydrogen-bond acceptors (Lipinski definition) is 3. The fraction of sp³-hybridized carbons (Fsp3) is 0.143. The fourth-order valence-corrected chi connectivity index (χ4v) is 0.959. The van der Waals surface area contributed by atoms with E-state index in [4.69, 9.17) is 4.74 Å². The number of nitrogens with zero attached hydrogens (tertiary/aromatic N) is 3. The molecule has 4 nitrogen and oxygen atoms in total. The molecule has 0 aromatic carbocycles. The first-order valence-electron chi connectivity index (χ1n) is 3.25. The van der Waals surface area contributed by atoms with Crippen LogP contribution in [0.3, 0.4) is 0 Å². The first kappa shape index (κ1) is 6.15. The molecule has 0 fully saturated rings. The molecule has 2 rings (SSSR count). The summed E-state index contributed by atoms with van der Waals surface area (Å²) in [7, 11) is 1.57. The maximum absolute atomic E-state index is 4.96. The van der Waals surface area contributed by atoms with Crippen LogP contribution in [0, 0.1) is 0 Å². The highest BCUT2D eigenvalue weighted by Crippen LogP contribution is 2.07. The van der Waals surface area contributed by atoms with E-state index in [1.54, 1.807) is 11.5 Å². The van der Waals surface area contributed by atoms with Gasteiger partial charge in [0.05, 0.1) is 7.11 Å². The number of ether oxygens (including phenoxy) is 1. The predicted octanol–water partition coefficient (Wildman–Crippen LogP) is 0.738. The molecule has 2 aromatic heterocycles. The van der Waals surface area contributed by atoms with Crippen molar-refractivity contribution in [2.24, 2.45) is 0 Å². The van der Waals surface area contributed by atoms with E-state index >= 15 is 0 Å². The van der Waals surface area contributed by atoms with Crippen LogP contribution in [0.2, 0.25) is 0 Å². The van der Waals surface area contributed by atoms with Crippen LogP contribution < -0.4 is 4.74 Å². The third-order valence-electron chi connectivity index (χ3n) is 1.47. The van der Waals surface area contributed by atoms with Crippen molar-refractivity contribution in [2.75, 3.05) is 7.11 Å². The van der Waals surface area contributed by atoms with Gasteiger partial charge in [0.2, 0.25) is 0 Å². The molecular formula is C7H7N3O. The lowest BCUT2D eigenvalue weighted by molar-refractivity contribution is 0.375. The maximum Gasteiger partial charge on any atom is 0.321 e. The standard InChI is InChI=1S/C7H7N3O/c1-11-7-9-8-6-4-2-3-5-10(6)7/h2-5H,1H3. The zero-order chi connectivity index (χ0) is 7.68. The highest BCUT2D eigenvalue weighted by molar-refractivity contribution is 5.38. The van der Waals surface area contributed by atoms with Crippen molar-refractivity contribution in [1.82, 2.24) is 14.6 Å². The topological polar surface area (TPSA) is 39.4 Å². The van der Waals surface area contributed by atoms with E-state index in [0.29, 0.717) is 6.01 Å². The molecule has 0 spiro atoms. The van der Waals surface area contributed by atoms with Crippen LogP contribution in [0.15, 0.2) is 24.4 Å². The quantitative estimate of drug-likeness (QED) is 0.600. The Morgan fingerprint density at radius 3 is 3.09 bits per heavy atom. The Morgan fingerprint density at radius 1 is 1.36 bits per heavy atom. The highest BCUT2D eigenvalue weighted by Gasteiger charge is 2.00. The number of fused-ring (bicyclic) bond motifs is 1. The average Bonchev–Trinajstić information content (AvgIpc) is 2.47. The van der Waals surface area contributed by atoms with Gasteiger partial charge in [-0.25, -0.2) is 0 Å². The van der Waals surface area contributed by atoms with Crippen molar-refractivity contribution in [1.29, 1.82) is 0 Å². The number of rotatable bonds is 1. The van der Waals surface area contributed by atoms with E-state index in [1.165, 1.54) is 0 Å². The van der Waals surface area contributed by atoms with Crippen molar-refractivity contribution >= 4 is 5.65 Å². The number of hydrogen-bond donors (Lipinski definition) is 0.